The number of benzene rings is 1. The van der Waals surface area contributed by atoms with Gasteiger partial charge in [0.25, 0.3) is 0 Å². The van der Waals surface area contributed by atoms with Crippen molar-refractivity contribution in [2.45, 2.75) is 20.8 Å². The quantitative estimate of drug-likeness (QED) is 0.749. The first-order valence-electron chi connectivity index (χ1n) is 5.23. The molecule has 1 rings (SSSR count). The molecule has 0 aliphatic carbocycles. The van der Waals surface area contributed by atoms with E-state index < -0.39 is 0 Å². The van der Waals surface area contributed by atoms with Gasteiger partial charge in [-0.25, -0.2) is 0 Å². The summed E-state index contributed by atoms with van der Waals surface area (Å²) in [6.45, 7) is 5.90. The van der Waals surface area contributed by atoms with Crippen molar-refractivity contribution in [1.82, 2.24) is 0 Å². The Morgan fingerprint density at radius 2 is 1.81 bits per heavy atom. The van der Waals surface area contributed by atoms with E-state index in [2.05, 4.69) is 5.32 Å². The molecule has 0 spiro atoms. The summed E-state index contributed by atoms with van der Waals surface area (Å²) in [6.07, 6.45) is 1.44. The minimum atomic E-state index is -0.196. The second kappa shape index (κ2) is 4.84. The Morgan fingerprint density at radius 1 is 1.25 bits per heavy atom. The molecule has 0 atom stereocenters. The molecule has 86 valence electrons. The number of nitrogens with one attached hydrogen (secondary N) is 1. The molecule has 0 saturated carbocycles. The summed E-state index contributed by atoms with van der Waals surface area (Å²) >= 11 is 0. The van der Waals surface area contributed by atoms with Crippen molar-refractivity contribution in [3.05, 3.63) is 42.1 Å². The highest BCUT2D eigenvalue weighted by atomic mass is 16.1. The Morgan fingerprint density at radius 3 is 2.31 bits per heavy atom. The van der Waals surface area contributed by atoms with Gasteiger partial charge in [0.05, 0.1) is 0 Å². The van der Waals surface area contributed by atoms with E-state index in [1.807, 2.05) is 51.1 Å². The highest BCUT2D eigenvalue weighted by Gasteiger charge is 2.14. The molecule has 0 aromatic heterocycles. The zero-order valence-corrected chi connectivity index (χ0v) is 9.95. The van der Waals surface area contributed by atoms with Crippen molar-refractivity contribution < 1.29 is 4.79 Å². The van der Waals surface area contributed by atoms with Crippen LogP contribution >= 0.6 is 0 Å². The molecule has 3 N–H and O–H groups in total. The van der Waals surface area contributed by atoms with Gasteiger partial charge >= 0.3 is 0 Å². The Hall–Kier alpha value is -1.77. The molecular weight excluding hydrogens is 200 g/mol. The van der Waals surface area contributed by atoms with Crippen LogP contribution in [0, 0.1) is 5.41 Å². The van der Waals surface area contributed by atoms with Gasteiger partial charge in [-0.05, 0) is 12.1 Å². The van der Waals surface area contributed by atoms with E-state index in [1.165, 1.54) is 6.08 Å². The van der Waals surface area contributed by atoms with Gasteiger partial charge in [-0.2, -0.15) is 0 Å². The van der Waals surface area contributed by atoms with Crippen LogP contribution < -0.4 is 11.1 Å². The fraction of sp³-hybridized carbons (Fsp3) is 0.308. The lowest BCUT2D eigenvalue weighted by Crippen LogP contribution is -2.20. The summed E-state index contributed by atoms with van der Waals surface area (Å²) < 4.78 is 0. The predicted octanol–water partition coefficient (Wildman–Crippen LogP) is 2.51. The number of hydrogen-bond donors (Lipinski definition) is 2. The molecule has 0 saturated heterocycles. The maximum atomic E-state index is 11.6. The molecule has 1 aromatic carbocycles. The SMILES string of the molecule is CC(C)(C)/C(N)=C/C(=O)Nc1ccccc1. The standard InChI is InChI=1S/C13H18N2O/c1-13(2,3)11(14)9-12(16)15-10-7-5-4-6-8-10/h4-9H,14H2,1-3H3,(H,15,16)/b11-9-. The third-order valence-electron chi connectivity index (χ3n) is 2.19. The van der Waals surface area contributed by atoms with E-state index in [4.69, 9.17) is 5.73 Å². The number of para-hydroxylation sites is 1. The average molecular weight is 218 g/mol. The lowest BCUT2D eigenvalue weighted by Gasteiger charge is -2.18. The van der Waals surface area contributed by atoms with Crippen LogP contribution in [-0.4, -0.2) is 5.91 Å². The van der Waals surface area contributed by atoms with E-state index >= 15 is 0 Å². The molecule has 0 bridgehead atoms. The number of carbonyl (C=O) groups is 1. The summed E-state index contributed by atoms with van der Waals surface area (Å²) in [6, 6.07) is 9.30. The zero-order valence-electron chi connectivity index (χ0n) is 9.95. The lowest BCUT2D eigenvalue weighted by molar-refractivity contribution is -0.112. The van der Waals surface area contributed by atoms with E-state index in [1.54, 1.807) is 0 Å². The van der Waals surface area contributed by atoms with Crippen molar-refractivity contribution in [2.24, 2.45) is 11.1 Å². The van der Waals surface area contributed by atoms with Crippen LogP contribution in [0.4, 0.5) is 5.69 Å². The average Bonchev–Trinajstić information content (AvgIpc) is 2.17. The van der Waals surface area contributed by atoms with Crippen LogP contribution in [-0.2, 0) is 4.79 Å². The number of hydrogen-bond acceptors (Lipinski definition) is 2. The first-order chi connectivity index (χ1) is 7.39. The number of amides is 1. The molecule has 0 radical (unpaired) electrons. The van der Waals surface area contributed by atoms with Crippen LogP contribution in [0.5, 0.6) is 0 Å². The molecule has 0 aliphatic rings. The topological polar surface area (TPSA) is 55.1 Å². The summed E-state index contributed by atoms with van der Waals surface area (Å²) in [7, 11) is 0. The van der Waals surface area contributed by atoms with Gasteiger partial charge in [-0.3, -0.25) is 4.79 Å². The van der Waals surface area contributed by atoms with E-state index in [-0.39, 0.29) is 11.3 Å². The Labute approximate surface area is 96.3 Å². The van der Waals surface area contributed by atoms with Crippen molar-refractivity contribution in [3.8, 4) is 0 Å². The first-order valence-corrected chi connectivity index (χ1v) is 5.23. The molecule has 0 fully saturated rings. The highest BCUT2D eigenvalue weighted by Crippen LogP contribution is 2.20. The summed E-state index contributed by atoms with van der Waals surface area (Å²) in [4.78, 5) is 11.6. The van der Waals surface area contributed by atoms with Gasteiger partial charge in [0, 0.05) is 22.9 Å². The van der Waals surface area contributed by atoms with E-state index in [0.29, 0.717) is 5.70 Å². The van der Waals surface area contributed by atoms with Gasteiger partial charge in [0.15, 0.2) is 0 Å². The summed E-state index contributed by atoms with van der Waals surface area (Å²) in [5.41, 5.74) is 6.96. The first kappa shape index (κ1) is 12.3. The Balaban J connectivity index is 2.68. The van der Waals surface area contributed by atoms with Crippen molar-refractivity contribution in [1.29, 1.82) is 0 Å². The second-order valence-corrected chi connectivity index (χ2v) is 4.70. The van der Waals surface area contributed by atoms with Crippen LogP contribution in [0.15, 0.2) is 42.1 Å². The normalized spacial score (nSPS) is 12.3. The number of anilines is 1. The van der Waals surface area contributed by atoms with Gasteiger partial charge in [0.1, 0.15) is 0 Å². The summed E-state index contributed by atoms with van der Waals surface area (Å²) in [5, 5.41) is 2.75. The molecular formula is C13H18N2O. The van der Waals surface area contributed by atoms with Crippen LogP contribution in [0.1, 0.15) is 20.8 Å². The monoisotopic (exact) mass is 218 g/mol. The molecule has 3 heteroatoms. The lowest BCUT2D eigenvalue weighted by atomic mass is 9.92. The van der Waals surface area contributed by atoms with Crippen molar-refractivity contribution in [2.75, 3.05) is 5.32 Å². The Kier molecular flexibility index (Phi) is 3.72. The number of nitrogens with two attached hydrogens (primary N) is 1. The van der Waals surface area contributed by atoms with E-state index in [0.717, 1.165) is 5.69 Å². The highest BCUT2D eigenvalue weighted by molar-refractivity contribution is 5.99. The Bertz CT molecular complexity index is 388. The molecule has 16 heavy (non-hydrogen) atoms. The van der Waals surface area contributed by atoms with Crippen molar-refractivity contribution in [3.63, 3.8) is 0 Å². The molecule has 1 amide bonds. The third-order valence-corrected chi connectivity index (χ3v) is 2.19. The molecule has 0 aliphatic heterocycles. The van der Waals surface area contributed by atoms with Crippen LogP contribution in [0.3, 0.4) is 0 Å². The third kappa shape index (κ3) is 3.77. The predicted molar refractivity (Wildman–Crippen MR) is 66.8 cm³/mol. The van der Waals surface area contributed by atoms with Gasteiger partial charge in [0.2, 0.25) is 5.91 Å². The van der Waals surface area contributed by atoms with Crippen molar-refractivity contribution >= 4 is 11.6 Å². The minimum absolute atomic E-state index is 0.186. The van der Waals surface area contributed by atoms with Crippen LogP contribution in [0.25, 0.3) is 0 Å². The van der Waals surface area contributed by atoms with Gasteiger partial charge in [-0.15, -0.1) is 0 Å². The maximum absolute atomic E-state index is 11.6. The molecule has 0 heterocycles. The molecule has 3 nitrogen and oxygen atoms in total. The zero-order chi connectivity index (χ0) is 12.2. The van der Waals surface area contributed by atoms with E-state index in [9.17, 15) is 4.79 Å². The van der Waals surface area contributed by atoms with Gasteiger partial charge < -0.3 is 11.1 Å². The smallest absolute Gasteiger partial charge is 0.250 e. The number of allylic oxidation sites excluding steroid dienone is 1. The van der Waals surface area contributed by atoms with Crippen LogP contribution in [0.2, 0.25) is 0 Å². The minimum Gasteiger partial charge on any atom is -0.401 e. The fourth-order valence-electron chi connectivity index (χ4n) is 1.06. The number of rotatable bonds is 2. The maximum Gasteiger partial charge on any atom is 0.250 e. The summed E-state index contributed by atoms with van der Waals surface area (Å²) in [5.74, 6) is -0.196. The fourth-order valence-corrected chi connectivity index (χ4v) is 1.06. The number of carbonyl (C=O) groups excluding carboxylic acids is 1. The molecule has 1 aromatic rings. The largest absolute Gasteiger partial charge is 0.401 e. The van der Waals surface area contributed by atoms with Gasteiger partial charge in [-0.1, -0.05) is 39.0 Å². The molecule has 0 unspecified atom stereocenters. The second-order valence-electron chi connectivity index (χ2n) is 4.70.